The molecule has 0 spiro atoms. The van der Waals surface area contributed by atoms with Gasteiger partial charge in [-0.15, -0.1) is 0 Å². The summed E-state index contributed by atoms with van der Waals surface area (Å²) in [5, 5.41) is 3.04. The van der Waals surface area contributed by atoms with E-state index < -0.39 is 17.8 Å². The maximum Gasteiger partial charge on any atom is 0.129 e. The summed E-state index contributed by atoms with van der Waals surface area (Å²) >= 11 is 0. The van der Waals surface area contributed by atoms with Crippen LogP contribution in [-0.2, 0) is 6.42 Å². The van der Waals surface area contributed by atoms with Crippen molar-refractivity contribution in [3.05, 3.63) is 35.4 Å². The van der Waals surface area contributed by atoms with Crippen LogP contribution in [0.4, 0.5) is 13.2 Å². The van der Waals surface area contributed by atoms with E-state index in [2.05, 4.69) is 5.32 Å². The molecule has 1 aliphatic rings. The largest absolute Gasteiger partial charge is 0.311 e. The fourth-order valence-electron chi connectivity index (χ4n) is 2.06. The van der Waals surface area contributed by atoms with Crippen LogP contribution in [-0.4, -0.2) is 18.8 Å². The van der Waals surface area contributed by atoms with Gasteiger partial charge in [-0.25, -0.2) is 13.2 Å². The average molecular weight is 229 g/mol. The van der Waals surface area contributed by atoms with Gasteiger partial charge in [0.15, 0.2) is 0 Å². The summed E-state index contributed by atoms with van der Waals surface area (Å²) in [6, 6.07) is 3.08. The summed E-state index contributed by atoms with van der Waals surface area (Å²) in [7, 11) is 0. The van der Waals surface area contributed by atoms with Crippen LogP contribution in [0.15, 0.2) is 18.2 Å². The third-order valence-corrected chi connectivity index (χ3v) is 2.97. The fourth-order valence-corrected chi connectivity index (χ4v) is 2.06. The van der Waals surface area contributed by atoms with E-state index in [1.54, 1.807) is 0 Å². The smallest absolute Gasteiger partial charge is 0.129 e. The third kappa shape index (κ3) is 2.55. The molecule has 2 rings (SSSR count). The Morgan fingerprint density at radius 2 is 2.19 bits per heavy atom. The van der Waals surface area contributed by atoms with Crippen LogP contribution >= 0.6 is 0 Å². The Labute approximate surface area is 92.7 Å². The number of alkyl halides is 1. The summed E-state index contributed by atoms with van der Waals surface area (Å²) in [6.45, 7) is 0.816. The first kappa shape index (κ1) is 11.5. The average Bonchev–Trinajstić information content (AvgIpc) is 2.75. The lowest BCUT2D eigenvalue weighted by molar-refractivity contribution is 0.261. The van der Waals surface area contributed by atoms with Crippen LogP contribution in [0.3, 0.4) is 0 Å². The van der Waals surface area contributed by atoms with Crippen molar-refractivity contribution in [2.45, 2.75) is 31.5 Å². The van der Waals surface area contributed by atoms with Crippen molar-refractivity contribution in [2.24, 2.45) is 0 Å². The molecule has 1 aromatic rings. The van der Waals surface area contributed by atoms with Crippen molar-refractivity contribution in [2.75, 3.05) is 6.54 Å². The lowest BCUT2D eigenvalue weighted by Crippen LogP contribution is -2.33. The van der Waals surface area contributed by atoms with E-state index in [9.17, 15) is 13.2 Å². The van der Waals surface area contributed by atoms with Crippen molar-refractivity contribution >= 4 is 0 Å². The Bertz CT molecular complexity index is 361. The highest BCUT2D eigenvalue weighted by Crippen LogP contribution is 2.18. The summed E-state index contributed by atoms with van der Waals surface area (Å²) in [5.41, 5.74) is 0.239. The number of halogens is 3. The first-order valence-corrected chi connectivity index (χ1v) is 5.48. The third-order valence-electron chi connectivity index (χ3n) is 2.97. The number of rotatable bonds is 3. The Balaban J connectivity index is 2.02. The number of hydrogen-bond donors (Lipinski definition) is 1. The molecule has 0 bridgehead atoms. The second-order valence-electron chi connectivity index (χ2n) is 4.16. The van der Waals surface area contributed by atoms with Gasteiger partial charge in [0.25, 0.3) is 0 Å². The summed E-state index contributed by atoms with van der Waals surface area (Å²) in [5.74, 6) is -1.30. The van der Waals surface area contributed by atoms with E-state index in [1.807, 2.05) is 0 Å². The van der Waals surface area contributed by atoms with E-state index in [0.29, 0.717) is 0 Å². The van der Waals surface area contributed by atoms with Gasteiger partial charge in [-0.2, -0.15) is 0 Å². The molecule has 0 amide bonds. The predicted molar refractivity (Wildman–Crippen MR) is 56.0 cm³/mol. The second kappa shape index (κ2) is 4.87. The zero-order chi connectivity index (χ0) is 11.5. The van der Waals surface area contributed by atoms with Gasteiger partial charge < -0.3 is 5.32 Å². The molecular weight excluding hydrogens is 215 g/mol. The van der Waals surface area contributed by atoms with Gasteiger partial charge in [-0.1, -0.05) is 6.07 Å². The Morgan fingerprint density at radius 3 is 2.81 bits per heavy atom. The van der Waals surface area contributed by atoms with E-state index in [0.717, 1.165) is 31.5 Å². The first-order chi connectivity index (χ1) is 7.66. The minimum atomic E-state index is -1.11. The lowest BCUT2D eigenvalue weighted by Gasteiger charge is -2.16. The molecule has 0 radical (unpaired) electrons. The molecule has 0 aliphatic carbocycles. The van der Waals surface area contributed by atoms with Gasteiger partial charge in [-0.3, -0.25) is 0 Å². The van der Waals surface area contributed by atoms with Crippen LogP contribution in [0.1, 0.15) is 18.4 Å². The zero-order valence-corrected chi connectivity index (χ0v) is 8.85. The molecule has 16 heavy (non-hydrogen) atoms. The Morgan fingerprint density at radius 1 is 1.38 bits per heavy atom. The van der Waals surface area contributed by atoms with Gasteiger partial charge in [0.05, 0.1) is 0 Å². The predicted octanol–water partition coefficient (Wildman–Crippen LogP) is 2.60. The molecule has 0 aromatic heterocycles. The summed E-state index contributed by atoms with van der Waals surface area (Å²) in [4.78, 5) is 0. The van der Waals surface area contributed by atoms with Gasteiger partial charge in [0.1, 0.15) is 17.8 Å². The van der Waals surface area contributed by atoms with Crippen molar-refractivity contribution in [1.82, 2.24) is 5.32 Å². The molecule has 1 fully saturated rings. The standard InChI is InChI=1S/C12H14F3N/c13-9-4-3-8(10(14)7-9)6-11(15)12-2-1-5-16-12/h3-4,7,11-12,16H,1-2,5-6H2. The highest BCUT2D eigenvalue weighted by molar-refractivity contribution is 5.19. The Kier molecular flexibility index (Phi) is 3.49. The minimum Gasteiger partial charge on any atom is -0.311 e. The summed E-state index contributed by atoms with van der Waals surface area (Å²) in [6.07, 6.45) is 0.632. The van der Waals surface area contributed by atoms with E-state index >= 15 is 0 Å². The van der Waals surface area contributed by atoms with E-state index in [1.165, 1.54) is 6.07 Å². The Hall–Kier alpha value is -1.03. The second-order valence-corrected chi connectivity index (χ2v) is 4.16. The number of hydrogen-bond acceptors (Lipinski definition) is 1. The molecule has 1 heterocycles. The monoisotopic (exact) mass is 229 g/mol. The fraction of sp³-hybridized carbons (Fsp3) is 0.500. The van der Waals surface area contributed by atoms with Crippen LogP contribution < -0.4 is 5.32 Å². The van der Waals surface area contributed by atoms with E-state index in [4.69, 9.17) is 0 Å². The van der Waals surface area contributed by atoms with Crippen LogP contribution in [0.5, 0.6) is 0 Å². The van der Waals surface area contributed by atoms with Crippen molar-refractivity contribution in [1.29, 1.82) is 0 Å². The minimum absolute atomic E-state index is 0.00375. The molecule has 1 aliphatic heterocycles. The molecule has 1 saturated heterocycles. The molecule has 1 nitrogen and oxygen atoms in total. The molecule has 1 N–H and O–H groups in total. The number of benzene rings is 1. The normalized spacial score (nSPS) is 22.3. The van der Waals surface area contributed by atoms with Crippen LogP contribution in [0.25, 0.3) is 0 Å². The molecule has 1 aromatic carbocycles. The SMILES string of the molecule is Fc1ccc(CC(F)C2CCCN2)c(F)c1. The van der Waals surface area contributed by atoms with Gasteiger partial charge >= 0.3 is 0 Å². The van der Waals surface area contributed by atoms with Crippen molar-refractivity contribution in [3.8, 4) is 0 Å². The van der Waals surface area contributed by atoms with Gasteiger partial charge in [0.2, 0.25) is 0 Å². The summed E-state index contributed by atoms with van der Waals surface area (Å²) < 4.78 is 39.7. The van der Waals surface area contributed by atoms with E-state index in [-0.39, 0.29) is 18.0 Å². The highest BCUT2D eigenvalue weighted by atomic mass is 19.1. The van der Waals surface area contributed by atoms with Crippen LogP contribution in [0, 0.1) is 11.6 Å². The highest BCUT2D eigenvalue weighted by Gasteiger charge is 2.25. The van der Waals surface area contributed by atoms with Gasteiger partial charge in [-0.05, 0) is 31.0 Å². The zero-order valence-electron chi connectivity index (χ0n) is 8.85. The lowest BCUT2D eigenvalue weighted by atomic mass is 10.0. The molecule has 2 atom stereocenters. The maximum absolute atomic E-state index is 13.8. The molecule has 0 saturated carbocycles. The topological polar surface area (TPSA) is 12.0 Å². The first-order valence-electron chi connectivity index (χ1n) is 5.48. The quantitative estimate of drug-likeness (QED) is 0.840. The number of nitrogens with one attached hydrogen (secondary N) is 1. The van der Waals surface area contributed by atoms with Crippen LogP contribution in [0.2, 0.25) is 0 Å². The molecular formula is C12H14F3N. The molecule has 88 valence electrons. The van der Waals surface area contributed by atoms with Crippen molar-refractivity contribution in [3.63, 3.8) is 0 Å². The maximum atomic E-state index is 13.8. The van der Waals surface area contributed by atoms with Crippen molar-refractivity contribution < 1.29 is 13.2 Å². The molecule has 2 unspecified atom stereocenters. The van der Waals surface area contributed by atoms with Gasteiger partial charge in [0, 0.05) is 18.5 Å². The molecule has 4 heteroatoms.